The largest absolute Gasteiger partial charge is 0.497 e. The molecule has 2 aromatic rings. The van der Waals surface area contributed by atoms with Crippen LogP contribution in [0.3, 0.4) is 0 Å². The summed E-state index contributed by atoms with van der Waals surface area (Å²) in [5.74, 6) is 0.415. The van der Waals surface area contributed by atoms with Gasteiger partial charge in [-0.15, -0.1) is 0 Å². The number of aliphatic hydroxyl groups excluding tert-OH is 1. The summed E-state index contributed by atoms with van der Waals surface area (Å²) in [6.07, 6.45) is 1.53. The summed E-state index contributed by atoms with van der Waals surface area (Å²) in [5, 5.41) is 11.9. The molecular formula is C23H30N2O4. The van der Waals surface area contributed by atoms with Crippen LogP contribution in [0.25, 0.3) is 0 Å². The summed E-state index contributed by atoms with van der Waals surface area (Å²) in [5.41, 5.74) is 1.67. The predicted octanol–water partition coefficient (Wildman–Crippen LogP) is 3.06. The van der Waals surface area contributed by atoms with E-state index in [-0.39, 0.29) is 18.4 Å². The molecule has 0 aromatic heterocycles. The lowest BCUT2D eigenvalue weighted by molar-refractivity contribution is -0.141. The van der Waals surface area contributed by atoms with Gasteiger partial charge in [0, 0.05) is 26.1 Å². The minimum Gasteiger partial charge on any atom is -0.497 e. The molecule has 2 N–H and O–H groups in total. The number of ether oxygens (including phenoxy) is 1. The van der Waals surface area contributed by atoms with E-state index in [0.29, 0.717) is 32.4 Å². The van der Waals surface area contributed by atoms with Crippen LogP contribution < -0.4 is 10.1 Å². The van der Waals surface area contributed by atoms with Gasteiger partial charge in [0.25, 0.3) is 0 Å². The molecule has 0 spiro atoms. The molecule has 29 heavy (non-hydrogen) atoms. The molecule has 0 aliphatic carbocycles. The molecule has 1 atom stereocenters. The summed E-state index contributed by atoms with van der Waals surface area (Å²) in [6, 6.07) is 16.1. The van der Waals surface area contributed by atoms with Crippen LogP contribution in [0.1, 0.15) is 43.4 Å². The van der Waals surface area contributed by atoms with Gasteiger partial charge in [-0.05, 0) is 36.1 Å². The molecular weight excluding hydrogens is 368 g/mol. The normalized spacial score (nSPS) is 11.6. The molecule has 2 rings (SSSR count). The number of benzene rings is 2. The van der Waals surface area contributed by atoms with Crippen molar-refractivity contribution < 1.29 is 19.4 Å². The van der Waals surface area contributed by atoms with Crippen LogP contribution in [-0.2, 0) is 16.1 Å². The number of aliphatic hydroxyl groups is 1. The maximum atomic E-state index is 13.1. The number of nitrogens with zero attached hydrogens (tertiary/aromatic N) is 1. The second-order valence-corrected chi connectivity index (χ2v) is 6.80. The van der Waals surface area contributed by atoms with Crippen molar-refractivity contribution >= 4 is 11.8 Å². The molecule has 6 nitrogen and oxygen atoms in total. The minimum atomic E-state index is -0.740. The van der Waals surface area contributed by atoms with Gasteiger partial charge >= 0.3 is 0 Å². The number of amides is 2. The van der Waals surface area contributed by atoms with Crippen LogP contribution in [0.4, 0.5) is 0 Å². The molecule has 0 aliphatic heterocycles. The van der Waals surface area contributed by atoms with Crippen molar-refractivity contribution in [3.05, 3.63) is 65.7 Å². The molecule has 6 heteroatoms. The number of hydrogen-bond donors (Lipinski definition) is 2. The van der Waals surface area contributed by atoms with Crippen molar-refractivity contribution in [3.8, 4) is 5.75 Å². The second-order valence-electron chi connectivity index (χ2n) is 6.80. The second kappa shape index (κ2) is 11.9. The predicted molar refractivity (Wildman–Crippen MR) is 112 cm³/mol. The van der Waals surface area contributed by atoms with Gasteiger partial charge in [-0.25, -0.2) is 0 Å². The Labute approximate surface area is 172 Å². The molecule has 0 radical (unpaired) electrons. The molecule has 0 unspecified atom stereocenters. The quantitative estimate of drug-likeness (QED) is 0.570. The topological polar surface area (TPSA) is 78.9 Å². The Kier molecular flexibility index (Phi) is 9.18. The van der Waals surface area contributed by atoms with Gasteiger partial charge in [0.15, 0.2) is 0 Å². The highest BCUT2D eigenvalue weighted by Gasteiger charge is 2.30. The minimum absolute atomic E-state index is 0.000607. The first kappa shape index (κ1) is 22.4. The van der Waals surface area contributed by atoms with Crippen molar-refractivity contribution in [2.45, 2.75) is 38.8 Å². The maximum absolute atomic E-state index is 13.1. The van der Waals surface area contributed by atoms with Gasteiger partial charge in [0.2, 0.25) is 11.8 Å². The summed E-state index contributed by atoms with van der Waals surface area (Å²) in [7, 11) is 1.61. The van der Waals surface area contributed by atoms with Crippen molar-refractivity contribution in [1.82, 2.24) is 10.2 Å². The average Bonchev–Trinajstić information content (AvgIpc) is 2.75. The number of rotatable bonds is 11. The first-order valence-corrected chi connectivity index (χ1v) is 9.96. The Hall–Kier alpha value is -2.86. The number of hydrogen-bond acceptors (Lipinski definition) is 4. The molecule has 0 saturated carbocycles. The van der Waals surface area contributed by atoms with Gasteiger partial charge in [-0.3, -0.25) is 9.59 Å². The lowest BCUT2D eigenvalue weighted by atomic mass is 10.0. The summed E-state index contributed by atoms with van der Waals surface area (Å²) >= 11 is 0. The lowest BCUT2D eigenvalue weighted by Gasteiger charge is -2.31. The van der Waals surface area contributed by atoms with E-state index in [9.17, 15) is 9.59 Å². The molecule has 156 valence electrons. The SMILES string of the molecule is CCCC(=O)N(Cc1ccc(OC)cc1)[C@H](C(=O)NCCCO)c1ccccc1. The summed E-state index contributed by atoms with van der Waals surface area (Å²) in [6.45, 7) is 2.62. The number of nitrogens with one attached hydrogen (secondary N) is 1. The lowest BCUT2D eigenvalue weighted by Crippen LogP contribution is -2.43. The average molecular weight is 399 g/mol. The standard InChI is InChI=1S/C23H30N2O4/c1-3-8-21(27)25(17-18-11-13-20(29-2)14-12-18)22(19-9-5-4-6-10-19)23(28)24-15-7-16-26/h4-6,9-14,22,26H,3,7-8,15-17H2,1-2H3,(H,24,28)/t22-/m0/s1. The molecule has 0 heterocycles. The van der Waals surface area contributed by atoms with Crippen LogP contribution in [-0.4, -0.2) is 42.1 Å². The van der Waals surface area contributed by atoms with E-state index in [2.05, 4.69) is 5.32 Å². The van der Waals surface area contributed by atoms with Gasteiger partial charge < -0.3 is 20.1 Å². The summed E-state index contributed by atoms with van der Waals surface area (Å²) < 4.78 is 5.21. The van der Waals surface area contributed by atoms with E-state index >= 15 is 0 Å². The Morgan fingerprint density at radius 3 is 2.38 bits per heavy atom. The highest BCUT2D eigenvalue weighted by molar-refractivity contribution is 5.88. The van der Waals surface area contributed by atoms with Crippen LogP contribution in [0.15, 0.2) is 54.6 Å². The third kappa shape index (κ3) is 6.61. The van der Waals surface area contributed by atoms with Crippen LogP contribution >= 0.6 is 0 Å². The van der Waals surface area contributed by atoms with E-state index in [4.69, 9.17) is 9.84 Å². The zero-order chi connectivity index (χ0) is 21.1. The van der Waals surface area contributed by atoms with Crippen LogP contribution in [0, 0.1) is 0 Å². The zero-order valence-corrected chi connectivity index (χ0v) is 17.1. The van der Waals surface area contributed by atoms with Crippen molar-refractivity contribution in [2.24, 2.45) is 0 Å². The Balaban J connectivity index is 2.36. The number of methoxy groups -OCH3 is 1. The van der Waals surface area contributed by atoms with Crippen molar-refractivity contribution in [3.63, 3.8) is 0 Å². The Morgan fingerprint density at radius 1 is 1.10 bits per heavy atom. The monoisotopic (exact) mass is 398 g/mol. The van der Waals surface area contributed by atoms with Crippen molar-refractivity contribution in [1.29, 1.82) is 0 Å². The third-order valence-electron chi connectivity index (χ3n) is 4.61. The maximum Gasteiger partial charge on any atom is 0.247 e. The first-order valence-electron chi connectivity index (χ1n) is 9.96. The van der Waals surface area contributed by atoms with Crippen LogP contribution in [0.5, 0.6) is 5.75 Å². The van der Waals surface area contributed by atoms with E-state index in [0.717, 1.165) is 16.9 Å². The number of carbonyl (C=O) groups excluding carboxylic acids is 2. The van der Waals surface area contributed by atoms with Crippen LogP contribution in [0.2, 0.25) is 0 Å². The van der Waals surface area contributed by atoms with E-state index in [1.54, 1.807) is 12.0 Å². The third-order valence-corrected chi connectivity index (χ3v) is 4.61. The smallest absolute Gasteiger partial charge is 0.247 e. The fourth-order valence-corrected chi connectivity index (χ4v) is 3.10. The fourth-order valence-electron chi connectivity index (χ4n) is 3.10. The summed E-state index contributed by atoms with van der Waals surface area (Å²) in [4.78, 5) is 27.7. The highest BCUT2D eigenvalue weighted by atomic mass is 16.5. The molecule has 0 bridgehead atoms. The molecule has 0 fully saturated rings. The molecule has 2 amide bonds. The molecule has 0 saturated heterocycles. The zero-order valence-electron chi connectivity index (χ0n) is 17.1. The van der Waals surface area contributed by atoms with E-state index < -0.39 is 6.04 Å². The molecule has 0 aliphatic rings. The highest BCUT2D eigenvalue weighted by Crippen LogP contribution is 2.25. The fraction of sp³-hybridized carbons (Fsp3) is 0.391. The van der Waals surface area contributed by atoms with Crippen molar-refractivity contribution in [2.75, 3.05) is 20.3 Å². The number of carbonyl (C=O) groups is 2. The van der Waals surface area contributed by atoms with Gasteiger partial charge in [0.05, 0.1) is 7.11 Å². The van der Waals surface area contributed by atoms with Gasteiger partial charge in [-0.2, -0.15) is 0 Å². The van der Waals surface area contributed by atoms with Gasteiger partial charge in [0.1, 0.15) is 11.8 Å². The Morgan fingerprint density at radius 2 is 1.79 bits per heavy atom. The van der Waals surface area contributed by atoms with E-state index in [1.807, 2.05) is 61.5 Å². The Bertz CT molecular complexity index is 762. The van der Waals surface area contributed by atoms with Gasteiger partial charge in [-0.1, -0.05) is 49.4 Å². The first-order chi connectivity index (χ1) is 14.1. The van der Waals surface area contributed by atoms with E-state index in [1.165, 1.54) is 0 Å². The molecule has 2 aromatic carbocycles.